The van der Waals surface area contributed by atoms with Gasteiger partial charge < -0.3 is 15.2 Å². The van der Waals surface area contributed by atoms with Crippen molar-refractivity contribution in [3.05, 3.63) is 35.7 Å². The molecule has 1 amide bonds. The van der Waals surface area contributed by atoms with Gasteiger partial charge in [0.15, 0.2) is 0 Å². The lowest BCUT2D eigenvalue weighted by atomic mass is 9.85. The fraction of sp³-hybridized carbons (Fsp3) is 0.571. The molecule has 2 aliphatic carbocycles. The number of carbonyl (C=O) groups is 1. The lowest BCUT2D eigenvalue weighted by Crippen LogP contribution is -2.58. The number of nitrogens with one attached hydrogen (secondary N) is 2. The molecular weight excluding hydrogens is 340 g/mol. The highest BCUT2D eigenvalue weighted by Crippen LogP contribution is 2.25. The molecule has 0 spiro atoms. The van der Waals surface area contributed by atoms with E-state index in [1.54, 1.807) is 0 Å². The maximum Gasteiger partial charge on any atom is 0.227 e. The van der Waals surface area contributed by atoms with Gasteiger partial charge in [-0.25, -0.2) is 0 Å². The standard InChI is InChI=1S/C21H28N4O2/c1-14-5-4-6-15(13-14)21-24-20(27-25-21)12-11-19(26)23-18-10-9-17(18)22-16-7-2-3-8-16/h4-6,13,16-18,22H,2-3,7-12H2,1H3,(H,23,26)/t17-,18+/m0/s1. The fourth-order valence-electron chi connectivity index (χ4n) is 4.02. The average Bonchev–Trinajstić information content (AvgIpc) is 3.33. The van der Waals surface area contributed by atoms with Crippen LogP contribution in [0.5, 0.6) is 0 Å². The molecule has 1 heterocycles. The second-order valence-electron chi connectivity index (χ2n) is 7.89. The van der Waals surface area contributed by atoms with Crippen molar-refractivity contribution in [2.24, 2.45) is 0 Å². The van der Waals surface area contributed by atoms with Crippen molar-refractivity contribution < 1.29 is 9.32 Å². The summed E-state index contributed by atoms with van der Waals surface area (Å²) in [5, 5.41) is 10.9. The molecule has 2 aromatic rings. The summed E-state index contributed by atoms with van der Waals surface area (Å²) in [6.07, 6.45) is 8.28. The predicted octanol–water partition coefficient (Wildman–Crippen LogP) is 3.16. The van der Waals surface area contributed by atoms with Gasteiger partial charge in [-0.05, 0) is 38.7 Å². The fourth-order valence-corrected chi connectivity index (χ4v) is 4.02. The van der Waals surface area contributed by atoms with Crippen LogP contribution in [-0.4, -0.2) is 34.2 Å². The Labute approximate surface area is 160 Å². The van der Waals surface area contributed by atoms with E-state index in [2.05, 4.69) is 20.8 Å². The van der Waals surface area contributed by atoms with Gasteiger partial charge in [-0.1, -0.05) is 41.8 Å². The first kappa shape index (κ1) is 18.2. The first-order chi connectivity index (χ1) is 13.2. The molecule has 0 saturated heterocycles. The van der Waals surface area contributed by atoms with Gasteiger partial charge in [0.25, 0.3) is 0 Å². The van der Waals surface area contributed by atoms with Crippen LogP contribution in [0.2, 0.25) is 0 Å². The highest BCUT2D eigenvalue weighted by atomic mass is 16.5. The van der Waals surface area contributed by atoms with Crippen molar-refractivity contribution in [3.63, 3.8) is 0 Å². The molecule has 27 heavy (non-hydrogen) atoms. The number of hydrogen-bond donors (Lipinski definition) is 2. The SMILES string of the molecule is Cc1cccc(-c2noc(CCC(=O)N[C@@H]3CC[C@@H]3NC3CCCC3)n2)c1. The summed E-state index contributed by atoms with van der Waals surface area (Å²) >= 11 is 0. The zero-order valence-electron chi connectivity index (χ0n) is 15.9. The molecule has 0 unspecified atom stereocenters. The minimum absolute atomic E-state index is 0.0632. The Morgan fingerprint density at radius 3 is 2.74 bits per heavy atom. The minimum Gasteiger partial charge on any atom is -0.352 e. The third kappa shape index (κ3) is 4.56. The number of carbonyl (C=O) groups excluding carboxylic acids is 1. The van der Waals surface area contributed by atoms with Gasteiger partial charge >= 0.3 is 0 Å². The maximum atomic E-state index is 12.3. The van der Waals surface area contributed by atoms with Crippen molar-refractivity contribution in [3.8, 4) is 11.4 Å². The normalized spacial score (nSPS) is 22.6. The smallest absolute Gasteiger partial charge is 0.227 e. The van der Waals surface area contributed by atoms with Crippen LogP contribution in [0.25, 0.3) is 11.4 Å². The number of nitrogens with zero attached hydrogens (tertiary/aromatic N) is 2. The van der Waals surface area contributed by atoms with Crippen molar-refractivity contribution in [1.29, 1.82) is 0 Å². The highest BCUT2D eigenvalue weighted by Gasteiger charge is 2.33. The van der Waals surface area contributed by atoms with E-state index in [4.69, 9.17) is 4.52 Å². The van der Waals surface area contributed by atoms with E-state index in [1.165, 1.54) is 25.7 Å². The van der Waals surface area contributed by atoms with Crippen LogP contribution in [0.15, 0.2) is 28.8 Å². The van der Waals surface area contributed by atoms with E-state index >= 15 is 0 Å². The van der Waals surface area contributed by atoms with Crippen LogP contribution in [0.4, 0.5) is 0 Å². The van der Waals surface area contributed by atoms with Crippen LogP contribution >= 0.6 is 0 Å². The predicted molar refractivity (Wildman–Crippen MR) is 103 cm³/mol. The summed E-state index contributed by atoms with van der Waals surface area (Å²) in [6, 6.07) is 9.34. The molecule has 2 aliphatic rings. The molecule has 0 bridgehead atoms. The van der Waals surface area contributed by atoms with Crippen molar-refractivity contribution in [1.82, 2.24) is 20.8 Å². The molecule has 6 heteroatoms. The molecule has 4 rings (SSSR count). The molecule has 2 N–H and O–H groups in total. The van der Waals surface area contributed by atoms with E-state index in [9.17, 15) is 4.79 Å². The van der Waals surface area contributed by atoms with E-state index in [-0.39, 0.29) is 11.9 Å². The molecule has 1 aromatic carbocycles. The third-order valence-corrected chi connectivity index (χ3v) is 5.74. The molecule has 0 aliphatic heterocycles. The second kappa shape index (κ2) is 8.21. The average molecular weight is 368 g/mol. The zero-order valence-corrected chi connectivity index (χ0v) is 15.9. The second-order valence-corrected chi connectivity index (χ2v) is 7.89. The number of aryl methyl sites for hydroxylation is 2. The first-order valence-electron chi connectivity index (χ1n) is 10.1. The maximum absolute atomic E-state index is 12.3. The van der Waals surface area contributed by atoms with E-state index in [0.717, 1.165) is 24.0 Å². The molecule has 2 saturated carbocycles. The van der Waals surface area contributed by atoms with Gasteiger partial charge in [0.2, 0.25) is 17.6 Å². The van der Waals surface area contributed by atoms with Crippen molar-refractivity contribution in [2.75, 3.05) is 0 Å². The van der Waals surface area contributed by atoms with Crippen molar-refractivity contribution >= 4 is 5.91 Å². The Bertz CT molecular complexity index is 782. The Morgan fingerprint density at radius 1 is 1.19 bits per heavy atom. The Balaban J connectivity index is 1.24. The number of rotatable bonds is 7. The summed E-state index contributed by atoms with van der Waals surface area (Å²) in [5.41, 5.74) is 2.09. The lowest BCUT2D eigenvalue weighted by Gasteiger charge is -2.39. The number of amides is 1. The first-order valence-corrected chi connectivity index (χ1v) is 10.1. The van der Waals surface area contributed by atoms with Crippen molar-refractivity contribution in [2.45, 2.75) is 76.4 Å². The number of benzene rings is 1. The summed E-state index contributed by atoms with van der Waals surface area (Å²) in [4.78, 5) is 16.7. The molecule has 2 fully saturated rings. The van der Waals surface area contributed by atoms with Gasteiger partial charge in [0.05, 0.1) is 0 Å². The topological polar surface area (TPSA) is 80.0 Å². The van der Waals surface area contributed by atoms with Crippen LogP contribution in [0, 0.1) is 6.92 Å². The van der Waals surface area contributed by atoms with Crippen LogP contribution < -0.4 is 10.6 Å². The van der Waals surface area contributed by atoms with Crippen LogP contribution in [-0.2, 0) is 11.2 Å². The third-order valence-electron chi connectivity index (χ3n) is 5.74. The van der Waals surface area contributed by atoms with Gasteiger partial charge in [-0.3, -0.25) is 4.79 Å². The Kier molecular flexibility index (Phi) is 5.53. The van der Waals surface area contributed by atoms with Gasteiger partial charge in [0.1, 0.15) is 0 Å². The van der Waals surface area contributed by atoms with E-state index < -0.39 is 0 Å². The lowest BCUT2D eigenvalue weighted by molar-refractivity contribution is -0.122. The largest absolute Gasteiger partial charge is 0.352 e. The monoisotopic (exact) mass is 368 g/mol. The molecule has 1 aromatic heterocycles. The summed E-state index contributed by atoms with van der Waals surface area (Å²) < 4.78 is 5.31. The highest BCUT2D eigenvalue weighted by molar-refractivity contribution is 5.76. The minimum atomic E-state index is 0.0632. The molecular formula is C21H28N4O2. The van der Waals surface area contributed by atoms with E-state index in [0.29, 0.717) is 36.6 Å². The summed E-state index contributed by atoms with van der Waals surface area (Å²) in [5.74, 6) is 1.15. The molecule has 2 atom stereocenters. The van der Waals surface area contributed by atoms with E-state index in [1.807, 2.05) is 31.2 Å². The number of aromatic nitrogens is 2. The van der Waals surface area contributed by atoms with Crippen LogP contribution in [0.3, 0.4) is 0 Å². The summed E-state index contributed by atoms with van der Waals surface area (Å²) in [7, 11) is 0. The molecule has 0 radical (unpaired) electrons. The Hall–Kier alpha value is -2.21. The van der Waals surface area contributed by atoms with Gasteiger partial charge in [0, 0.05) is 36.5 Å². The van der Waals surface area contributed by atoms with Gasteiger partial charge in [-0.15, -0.1) is 0 Å². The molecule has 144 valence electrons. The number of hydrogen-bond acceptors (Lipinski definition) is 5. The Morgan fingerprint density at radius 2 is 2.00 bits per heavy atom. The van der Waals surface area contributed by atoms with Gasteiger partial charge in [-0.2, -0.15) is 4.98 Å². The zero-order chi connectivity index (χ0) is 18.6. The summed E-state index contributed by atoms with van der Waals surface area (Å²) in [6.45, 7) is 2.03. The molecule has 6 nitrogen and oxygen atoms in total. The van der Waals surface area contributed by atoms with Crippen LogP contribution in [0.1, 0.15) is 56.4 Å². The quantitative estimate of drug-likeness (QED) is 0.785.